The average Bonchev–Trinajstić information content (AvgIpc) is 2.52. The Balaban J connectivity index is 0.00000529. The van der Waals surface area contributed by atoms with Gasteiger partial charge in [0.05, 0.1) is 11.4 Å². The molecule has 0 fully saturated rings. The number of hydrogen-bond donors (Lipinski definition) is 3. The zero-order chi connectivity index (χ0) is 17.1. The minimum atomic E-state index is -3.69. The highest BCUT2D eigenvalue weighted by Gasteiger charge is 2.07. The normalized spacial score (nSPS) is 11.7. The molecule has 1 rings (SSSR count). The molecule has 0 atom stereocenters. The molecule has 0 aliphatic rings. The molecule has 138 valence electrons. The number of nitrogens with zero attached hydrogens (tertiary/aromatic N) is 1. The van der Waals surface area contributed by atoms with Gasteiger partial charge in [-0.1, -0.05) is 12.1 Å². The van der Waals surface area contributed by atoms with Crippen molar-refractivity contribution in [2.45, 2.75) is 31.7 Å². The summed E-state index contributed by atoms with van der Waals surface area (Å²) < 4.78 is 28.0. The van der Waals surface area contributed by atoms with E-state index in [1.54, 1.807) is 6.07 Å². The second kappa shape index (κ2) is 12.5. The van der Waals surface area contributed by atoms with Crippen LogP contribution in [0.15, 0.2) is 34.2 Å². The zero-order valence-corrected chi connectivity index (χ0v) is 17.3. The number of benzene rings is 1. The Hall–Kier alpha value is -0.910. The second-order valence-corrected chi connectivity index (χ2v) is 6.43. The summed E-state index contributed by atoms with van der Waals surface area (Å²) in [5, 5.41) is 11.5. The number of ether oxygens (including phenoxy) is 1. The van der Waals surface area contributed by atoms with Crippen LogP contribution in [-0.2, 0) is 21.3 Å². The average molecular weight is 470 g/mol. The van der Waals surface area contributed by atoms with Gasteiger partial charge >= 0.3 is 0 Å². The summed E-state index contributed by atoms with van der Waals surface area (Å²) in [4.78, 5) is 4.54. The summed E-state index contributed by atoms with van der Waals surface area (Å²) in [6.45, 7) is 7.24. The van der Waals surface area contributed by atoms with Crippen LogP contribution in [-0.4, -0.2) is 40.7 Å². The molecule has 0 aliphatic carbocycles. The molecule has 4 N–H and O–H groups in total. The molecular weight excluding hydrogens is 443 g/mol. The molecule has 0 unspecified atom stereocenters. The van der Waals surface area contributed by atoms with Crippen LogP contribution in [0.5, 0.6) is 0 Å². The Morgan fingerprint density at radius 3 is 2.67 bits per heavy atom. The van der Waals surface area contributed by atoms with Gasteiger partial charge in [-0.15, -0.1) is 24.0 Å². The number of sulfonamides is 1. The summed E-state index contributed by atoms with van der Waals surface area (Å²) in [6, 6.07) is 6.49. The highest BCUT2D eigenvalue weighted by Crippen LogP contribution is 2.10. The van der Waals surface area contributed by atoms with Crippen molar-refractivity contribution >= 4 is 40.0 Å². The number of aliphatic imine (C=N–C) groups is 1. The van der Waals surface area contributed by atoms with E-state index in [1.165, 1.54) is 12.1 Å². The van der Waals surface area contributed by atoms with E-state index in [4.69, 9.17) is 9.88 Å². The first-order chi connectivity index (χ1) is 11.0. The fraction of sp³-hybridized carbons (Fsp3) is 0.533. The van der Waals surface area contributed by atoms with Crippen molar-refractivity contribution in [1.29, 1.82) is 0 Å². The van der Waals surface area contributed by atoms with Gasteiger partial charge in [0.2, 0.25) is 10.0 Å². The van der Waals surface area contributed by atoms with Crippen LogP contribution >= 0.6 is 24.0 Å². The number of rotatable bonds is 9. The third-order valence-corrected chi connectivity index (χ3v) is 3.86. The molecular formula is C15H27IN4O3S. The summed E-state index contributed by atoms with van der Waals surface area (Å²) in [5.74, 6) is 0.685. The molecule has 1 aromatic rings. The summed E-state index contributed by atoms with van der Waals surface area (Å²) >= 11 is 0. The van der Waals surface area contributed by atoms with Gasteiger partial charge in [-0.2, -0.15) is 0 Å². The summed E-state index contributed by atoms with van der Waals surface area (Å²) in [5.41, 5.74) is 0.781. The van der Waals surface area contributed by atoms with Gasteiger partial charge in [-0.3, -0.25) is 0 Å². The van der Waals surface area contributed by atoms with Crippen LogP contribution in [0, 0.1) is 0 Å². The largest absolute Gasteiger partial charge is 0.382 e. The van der Waals surface area contributed by atoms with Gasteiger partial charge in [0.25, 0.3) is 0 Å². The second-order valence-electron chi connectivity index (χ2n) is 4.86. The molecule has 9 heteroatoms. The lowest BCUT2D eigenvalue weighted by molar-refractivity contribution is 0.145. The Kier molecular flexibility index (Phi) is 12.0. The van der Waals surface area contributed by atoms with Crippen LogP contribution in [0.3, 0.4) is 0 Å². The van der Waals surface area contributed by atoms with Crippen molar-refractivity contribution in [2.75, 3.05) is 26.3 Å². The Labute approximate surface area is 161 Å². The lowest BCUT2D eigenvalue weighted by Gasteiger charge is -2.11. The molecule has 0 radical (unpaired) electrons. The van der Waals surface area contributed by atoms with E-state index in [9.17, 15) is 8.42 Å². The van der Waals surface area contributed by atoms with Crippen LogP contribution in [0.25, 0.3) is 0 Å². The fourth-order valence-corrected chi connectivity index (χ4v) is 2.44. The highest BCUT2D eigenvalue weighted by atomic mass is 127. The number of nitrogens with two attached hydrogens (primary N) is 1. The Morgan fingerprint density at radius 1 is 1.29 bits per heavy atom. The number of halogens is 1. The standard InChI is InChI=1S/C15H26N4O3S.HI/c1-3-17-15(18-9-6-10-22-4-2)19-12-13-7-5-8-14(11-13)23(16,20)21;/h5,7-8,11H,3-4,6,9-10,12H2,1-2H3,(H2,16,20,21)(H2,17,18,19);1H. The quantitative estimate of drug-likeness (QED) is 0.219. The first-order valence-electron chi connectivity index (χ1n) is 7.69. The predicted molar refractivity (Wildman–Crippen MR) is 107 cm³/mol. The predicted octanol–water partition coefficient (Wildman–Crippen LogP) is 1.43. The zero-order valence-electron chi connectivity index (χ0n) is 14.1. The first-order valence-corrected chi connectivity index (χ1v) is 9.23. The molecule has 24 heavy (non-hydrogen) atoms. The first kappa shape index (κ1) is 23.1. The molecule has 0 bridgehead atoms. The molecule has 0 heterocycles. The van der Waals surface area contributed by atoms with Gasteiger partial charge in [0.15, 0.2) is 5.96 Å². The SMILES string of the molecule is CCNC(=NCc1cccc(S(N)(=O)=O)c1)NCCCOCC.I. The summed E-state index contributed by atoms with van der Waals surface area (Å²) in [7, 11) is -3.69. The third kappa shape index (κ3) is 9.40. The van der Waals surface area contributed by atoms with E-state index in [-0.39, 0.29) is 28.9 Å². The maximum absolute atomic E-state index is 11.4. The molecule has 0 aromatic heterocycles. The lowest BCUT2D eigenvalue weighted by Crippen LogP contribution is -2.38. The maximum Gasteiger partial charge on any atom is 0.238 e. The van der Waals surface area contributed by atoms with Gasteiger partial charge in [0, 0.05) is 26.3 Å². The summed E-state index contributed by atoms with van der Waals surface area (Å²) in [6.07, 6.45) is 0.888. The number of guanidine groups is 1. The lowest BCUT2D eigenvalue weighted by atomic mass is 10.2. The molecule has 0 saturated heterocycles. The smallest absolute Gasteiger partial charge is 0.238 e. The van der Waals surface area contributed by atoms with Gasteiger partial charge in [-0.05, 0) is 38.0 Å². The minimum Gasteiger partial charge on any atom is -0.382 e. The molecule has 0 saturated carbocycles. The Morgan fingerprint density at radius 2 is 2.04 bits per heavy atom. The van der Waals surface area contributed by atoms with Crippen molar-refractivity contribution in [2.24, 2.45) is 10.1 Å². The monoisotopic (exact) mass is 470 g/mol. The van der Waals surface area contributed by atoms with Crippen LogP contribution in [0.4, 0.5) is 0 Å². The molecule has 1 aromatic carbocycles. The van der Waals surface area contributed by atoms with Crippen LogP contribution in [0.2, 0.25) is 0 Å². The van der Waals surface area contributed by atoms with Crippen molar-refractivity contribution in [3.8, 4) is 0 Å². The van der Waals surface area contributed by atoms with Crippen LogP contribution in [0.1, 0.15) is 25.8 Å². The van der Waals surface area contributed by atoms with E-state index in [0.29, 0.717) is 25.7 Å². The van der Waals surface area contributed by atoms with Gasteiger partial charge in [-0.25, -0.2) is 18.5 Å². The van der Waals surface area contributed by atoms with E-state index >= 15 is 0 Å². The molecule has 7 nitrogen and oxygen atoms in total. The van der Waals surface area contributed by atoms with Crippen molar-refractivity contribution in [1.82, 2.24) is 10.6 Å². The number of nitrogens with one attached hydrogen (secondary N) is 2. The van der Waals surface area contributed by atoms with E-state index in [2.05, 4.69) is 15.6 Å². The van der Waals surface area contributed by atoms with Crippen molar-refractivity contribution in [3.05, 3.63) is 29.8 Å². The number of hydrogen-bond acceptors (Lipinski definition) is 4. The van der Waals surface area contributed by atoms with Gasteiger partial charge in [0.1, 0.15) is 0 Å². The molecule has 0 aliphatic heterocycles. The molecule has 0 spiro atoms. The van der Waals surface area contributed by atoms with E-state index < -0.39 is 10.0 Å². The van der Waals surface area contributed by atoms with Crippen LogP contribution < -0.4 is 15.8 Å². The van der Waals surface area contributed by atoms with Crippen molar-refractivity contribution in [3.63, 3.8) is 0 Å². The Bertz CT molecular complexity index is 608. The van der Waals surface area contributed by atoms with Crippen molar-refractivity contribution < 1.29 is 13.2 Å². The topological polar surface area (TPSA) is 106 Å². The third-order valence-electron chi connectivity index (χ3n) is 2.95. The fourth-order valence-electron chi connectivity index (χ4n) is 1.86. The van der Waals surface area contributed by atoms with Gasteiger partial charge < -0.3 is 15.4 Å². The minimum absolute atomic E-state index is 0. The van der Waals surface area contributed by atoms with E-state index in [0.717, 1.165) is 25.1 Å². The van der Waals surface area contributed by atoms with E-state index in [1.807, 2.05) is 19.9 Å². The number of primary sulfonamides is 1. The highest BCUT2D eigenvalue weighted by molar-refractivity contribution is 14.0. The molecule has 0 amide bonds. The maximum atomic E-state index is 11.4.